The van der Waals surface area contributed by atoms with E-state index in [1.807, 2.05) is 26.1 Å². The molecular formula is C25H37N7O4. The summed E-state index contributed by atoms with van der Waals surface area (Å²) in [5.41, 5.74) is 0.960. The highest BCUT2D eigenvalue weighted by Gasteiger charge is 2.42. The maximum Gasteiger partial charge on any atom is 0.230 e. The lowest BCUT2D eigenvalue weighted by Gasteiger charge is -2.50. The summed E-state index contributed by atoms with van der Waals surface area (Å²) in [6.45, 7) is 3.69. The van der Waals surface area contributed by atoms with Gasteiger partial charge in [0.1, 0.15) is 11.9 Å². The van der Waals surface area contributed by atoms with E-state index in [4.69, 9.17) is 24.2 Å². The fourth-order valence-electron chi connectivity index (χ4n) is 5.64. The number of hydrogen-bond donors (Lipinski definition) is 2. The number of carbonyl (C=O) groups is 1. The summed E-state index contributed by atoms with van der Waals surface area (Å²) in [7, 11) is 3.69. The SMILES string of the molecule is COCCC(=O)N1[C@@H]2CCC[C@H]1C[C@H](N(C)c1nc(Nc3cc(C)[nH]n3)cc(O[C@@H]3CCOC3)n1)C2. The fourth-order valence-corrected chi connectivity index (χ4v) is 5.64. The summed E-state index contributed by atoms with van der Waals surface area (Å²) in [5, 5.41) is 10.5. The van der Waals surface area contributed by atoms with Gasteiger partial charge in [-0.2, -0.15) is 15.1 Å². The standard InChI is InChI=1S/C25H37N7O4/c1-16-11-22(30-29-16)26-21-14-23(36-20-7-10-35-15-20)28-25(27-21)31(2)19-12-17-5-4-6-18(13-19)32(17)24(33)8-9-34-3/h11,14,17-20H,4-10,12-13,15H2,1-3H3,(H2,26,27,28,29,30)/t17-,18+,19-,20-/m1/s1. The van der Waals surface area contributed by atoms with Crippen molar-refractivity contribution in [1.29, 1.82) is 0 Å². The molecular weight excluding hydrogens is 462 g/mol. The van der Waals surface area contributed by atoms with Gasteiger partial charge in [-0.1, -0.05) is 0 Å². The zero-order valence-electron chi connectivity index (χ0n) is 21.4. The van der Waals surface area contributed by atoms with Crippen molar-refractivity contribution in [3.63, 3.8) is 0 Å². The highest BCUT2D eigenvalue weighted by atomic mass is 16.5. The molecule has 0 unspecified atom stereocenters. The average molecular weight is 500 g/mol. The average Bonchev–Trinajstić information content (AvgIpc) is 3.52. The molecule has 0 saturated carbocycles. The Labute approximate surface area is 211 Å². The van der Waals surface area contributed by atoms with E-state index in [-0.39, 0.29) is 30.1 Å². The van der Waals surface area contributed by atoms with Gasteiger partial charge in [0.05, 0.1) is 26.2 Å². The van der Waals surface area contributed by atoms with Crippen molar-refractivity contribution >= 4 is 23.5 Å². The van der Waals surface area contributed by atoms with Gasteiger partial charge in [0, 0.05) is 56.5 Å². The van der Waals surface area contributed by atoms with Crippen LogP contribution < -0.4 is 15.0 Å². The Hall–Kier alpha value is -2.92. The number of piperidine rings is 2. The maximum absolute atomic E-state index is 12.9. The predicted octanol–water partition coefficient (Wildman–Crippen LogP) is 2.80. The molecule has 11 heteroatoms. The number of fused-ring (bicyclic) bond motifs is 2. The molecule has 0 aliphatic carbocycles. The summed E-state index contributed by atoms with van der Waals surface area (Å²) in [5.74, 6) is 2.64. The molecule has 0 aromatic carbocycles. The predicted molar refractivity (Wildman–Crippen MR) is 135 cm³/mol. The first kappa shape index (κ1) is 24.8. The van der Waals surface area contributed by atoms with Crippen molar-refractivity contribution in [2.45, 2.75) is 76.1 Å². The molecule has 0 spiro atoms. The second kappa shape index (κ2) is 11.0. The molecule has 2 aromatic rings. The third-order valence-electron chi connectivity index (χ3n) is 7.45. The molecule has 3 aliphatic heterocycles. The third-order valence-corrected chi connectivity index (χ3v) is 7.45. The van der Waals surface area contributed by atoms with Crippen molar-refractivity contribution in [1.82, 2.24) is 25.1 Å². The Bertz CT molecular complexity index is 1030. The summed E-state index contributed by atoms with van der Waals surface area (Å²) in [4.78, 5) is 26.8. The summed E-state index contributed by atoms with van der Waals surface area (Å²) in [6.07, 6.45) is 6.32. The Kier molecular flexibility index (Phi) is 7.56. The molecule has 0 radical (unpaired) electrons. The molecule has 3 fully saturated rings. The number of H-pyrrole nitrogens is 1. The van der Waals surface area contributed by atoms with Gasteiger partial charge < -0.3 is 29.3 Å². The molecule has 36 heavy (non-hydrogen) atoms. The number of aromatic amines is 1. The topological polar surface area (TPSA) is 118 Å². The molecule has 5 heterocycles. The summed E-state index contributed by atoms with van der Waals surface area (Å²) in [6, 6.07) is 4.46. The van der Waals surface area contributed by atoms with Crippen molar-refractivity contribution in [2.75, 3.05) is 44.2 Å². The Morgan fingerprint density at radius 1 is 1.22 bits per heavy atom. The third kappa shape index (κ3) is 5.57. The van der Waals surface area contributed by atoms with E-state index in [0.29, 0.717) is 49.7 Å². The van der Waals surface area contributed by atoms with E-state index >= 15 is 0 Å². The first-order chi connectivity index (χ1) is 17.5. The fraction of sp³-hybridized carbons (Fsp3) is 0.680. The zero-order chi connectivity index (χ0) is 25.1. The van der Waals surface area contributed by atoms with Crippen LogP contribution in [0.2, 0.25) is 0 Å². The number of anilines is 3. The number of methoxy groups -OCH3 is 1. The van der Waals surface area contributed by atoms with Crippen LogP contribution in [0, 0.1) is 6.92 Å². The maximum atomic E-state index is 12.9. The quantitative estimate of drug-likeness (QED) is 0.537. The van der Waals surface area contributed by atoms with Crippen LogP contribution in [0.5, 0.6) is 5.88 Å². The van der Waals surface area contributed by atoms with E-state index in [0.717, 1.165) is 37.8 Å². The van der Waals surface area contributed by atoms with E-state index in [9.17, 15) is 4.79 Å². The van der Waals surface area contributed by atoms with E-state index in [1.165, 1.54) is 6.42 Å². The van der Waals surface area contributed by atoms with E-state index in [2.05, 4.69) is 25.3 Å². The number of aromatic nitrogens is 4. The number of amides is 1. The van der Waals surface area contributed by atoms with Crippen LogP contribution in [0.25, 0.3) is 0 Å². The molecule has 2 bridgehead atoms. The number of hydrogen-bond acceptors (Lipinski definition) is 9. The van der Waals surface area contributed by atoms with Crippen LogP contribution in [0.3, 0.4) is 0 Å². The molecule has 5 rings (SSSR count). The molecule has 3 aliphatic rings. The van der Waals surface area contributed by atoms with Crippen molar-refractivity contribution < 1.29 is 19.0 Å². The van der Waals surface area contributed by atoms with Gasteiger partial charge in [0.15, 0.2) is 5.82 Å². The summed E-state index contributed by atoms with van der Waals surface area (Å²) >= 11 is 0. The van der Waals surface area contributed by atoms with Gasteiger partial charge in [0.25, 0.3) is 0 Å². The first-order valence-electron chi connectivity index (χ1n) is 13.0. The van der Waals surface area contributed by atoms with Crippen LogP contribution in [-0.4, -0.2) is 89.2 Å². The van der Waals surface area contributed by atoms with Gasteiger partial charge >= 0.3 is 0 Å². The highest BCUT2D eigenvalue weighted by molar-refractivity contribution is 5.77. The molecule has 2 aromatic heterocycles. The van der Waals surface area contributed by atoms with Gasteiger partial charge in [-0.25, -0.2) is 0 Å². The van der Waals surface area contributed by atoms with Crippen LogP contribution in [-0.2, 0) is 14.3 Å². The van der Waals surface area contributed by atoms with Crippen molar-refractivity contribution in [3.05, 3.63) is 17.8 Å². The first-order valence-corrected chi connectivity index (χ1v) is 13.0. The summed E-state index contributed by atoms with van der Waals surface area (Å²) < 4.78 is 16.8. The molecule has 2 N–H and O–H groups in total. The molecule has 3 saturated heterocycles. The van der Waals surface area contributed by atoms with Crippen LogP contribution >= 0.6 is 0 Å². The van der Waals surface area contributed by atoms with Gasteiger partial charge in [-0.15, -0.1) is 0 Å². The number of ether oxygens (including phenoxy) is 3. The molecule has 196 valence electrons. The van der Waals surface area contributed by atoms with Gasteiger partial charge in [-0.3, -0.25) is 9.89 Å². The smallest absolute Gasteiger partial charge is 0.230 e. The van der Waals surface area contributed by atoms with Crippen LogP contribution in [0.1, 0.15) is 50.6 Å². The molecule has 1 amide bonds. The van der Waals surface area contributed by atoms with Crippen LogP contribution in [0.15, 0.2) is 12.1 Å². The normalized spacial score (nSPS) is 25.6. The minimum atomic E-state index is -0.0146. The van der Waals surface area contributed by atoms with E-state index < -0.39 is 0 Å². The second-order valence-corrected chi connectivity index (χ2v) is 10.1. The lowest BCUT2D eigenvalue weighted by Crippen LogP contribution is -2.58. The highest BCUT2D eigenvalue weighted by Crippen LogP contribution is 2.37. The minimum Gasteiger partial charge on any atom is -0.472 e. The Balaban J connectivity index is 1.35. The van der Waals surface area contributed by atoms with Gasteiger partial charge in [-0.05, 0) is 39.0 Å². The number of rotatable bonds is 9. The lowest BCUT2D eigenvalue weighted by atomic mass is 9.81. The van der Waals surface area contributed by atoms with E-state index in [1.54, 1.807) is 7.11 Å². The Morgan fingerprint density at radius 2 is 2.03 bits per heavy atom. The number of nitrogens with one attached hydrogen (secondary N) is 2. The monoisotopic (exact) mass is 499 g/mol. The minimum absolute atomic E-state index is 0.0146. The van der Waals surface area contributed by atoms with Crippen molar-refractivity contribution in [2.24, 2.45) is 0 Å². The largest absolute Gasteiger partial charge is 0.472 e. The van der Waals surface area contributed by atoms with Crippen molar-refractivity contribution in [3.8, 4) is 5.88 Å². The number of nitrogens with zero attached hydrogens (tertiary/aromatic N) is 5. The molecule has 4 atom stereocenters. The second-order valence-electron chi connectivity index (χ2n) is 10.1. The Morgan fingerprint density at radius 3 is 2.69 bits per heavy atom. The molecule has 11 nitrogen and oxygen atoms in total. The number of carbonyl (C=O) groups excluding carboxylic acids is 1. The zero-order valence-corrected chi connectivity index (χ0v) is 21.4. The van der Waals surface area contributed by atoms with Gasteiger partial charge in [0.2, 0.25) is 17.7 Å². The lowest BCUT2D eigenvalue weighted by molar-refractivity contribution is -0.142. The van der Waals surface area contributed by atoms with Crippen LogP contribution in [0.4, 0.5) is 17.6 Å². The number of aryl methyl sites for hydroxylation is 1.